The van der Waals surface area contributed by atoms with Crippen molar-refractivity contribution < 1.29 is 18.0 Å². The van der Waals surface area contributed by atoms with Gasteiger partial charge in [-0.2, -0.15) is 13.2 Å². The monoisotopic (exact) mass is 250 g/mol. The fourth-order valence-corrected chi connectivity index (χ4v) is 2.75. The molecule has 3 atom stereocenters. The Morgan fingerprint density at radius 3 is 2.53 bits per heavy atom. The first kappa shape index (κ1) is 12.7. The van der Waals surface area contributed by atoms with Gasteiger partial charge in [-0.25, -0.2) is 0 Å². The molecule has 0 bridgehead atoms. The molecule has 1 aliphatic heterocycles. The maximum atomic E-state index is 12.8. The number of carbonyl (C=O) groups is 1. The molecule has 2 aliphatic rings. The molecule has 6 heteroatoms. The van der Waals surface area contributed by atoms with E-state index < -0.39 is 18.1 Å². The second-order valence-corrected chi connectivity index (χ2v) is 4.91. The van der Waals surface area contributed by atoms with Gasteiger partial charge in [0.15, 0.2) is 0 Å². The molecule has 3 unspecified atom stereocenters. The van der Waals surface area contributed by atoms with Crippen molar-refractivity contribution in [3.63, 3.8) is 0 Å². The van der Waals surface area contributed by atoms with Gasteiger partial charge in [0.05, 0.1) is 5.92 Å². The number of carbonyl (C=O) groups excluding carboxylic acids is 1. The molecule has 2 N–H and O–H groups in total. The number of amides is 1. The van der Waals surface area contributed by atoms with Crippen molar-refractivity contribution in [3.05, 3.63) is 0 Å². The van der Waals surface area contributed by atoms with E-state index >= 15 is 0 Å². The Morgan fingerprint density at radius 2 is 1.94 bits per heavy atom. The first-order chi connectivity index (χ1) is 7.97. The molecule has 98 valence electrons. The first-order valence-electron chi connectivity index (χ1n) is 6.06. The maximum Gasteiger partial charge on any atom is 0.393 e. The van der Waals surface area contributed by atoms with Gasteiger partial charge in [-0.05, 0) is 12.8 Å². The van der Waals surface area contributed by atoms with Crippen LogP contribution >= 0.6 is 0 Å². The molecule has 2 rings (SSSR count). The third kappa shape index (κ3) is 3.12. The van der Waals surface area contributed by atoms with E-state index in [1.54, 1.807) is 0 Å². The summed E-state index contributed by atoms with van der Waals surface area (Å²) < 4.78 is 38.5. The lowest BCUT2D eigenvalue weighted by Crippen LogP contribution is -2.49. The summed E-state index contributed by atoms with van der Waals surface area (Å²) in [6.45, 7) is 0.444. The van der Waals surface area contributed by atoms with Gasteiger partial charge in [0.2, 0.25) is 5.91 Å². The average molecular weight is 250 g/mol. The highest BCUT2D eigenvalue weighted by Gasteiger charge is 2.46. The summed E-state index contributed by atoms with van der Waals surface area (Å²) in [7, 11) is 0. The largest absolute Gasteiger partial charge is 0.393 e. The van der Waals surface area contributed by atoms with E-state index in [4.69, 9.17) is 0 Å². The Balaban J connectivity index is 1.94. The maximum absolute atomic E-state index is 12.8. The van der Waals surface area contributed by atoms with Crippen LogP contribution in [0.4, 0.5) is 13.2 Å². The Labute approximate surface area is 98.1 Å². The molecule has 0 radical (unpaired) electrons. The molecular weight excluding hydrogens is 233 g/mol. The van der Waals surface area contributed by atoms with Crippen LogP contribution < -0.4 is 10.6 Å². The number of hydrogen-bond acceptors (Lipinski definition) is 2. The Hall–Kier alpha value is -0.780. The van der Waals surface area contributed by atoms with E-state index in [0.717, 1.165) is 6.42 Å². The lowest BCUT2D eigenvalue weighted by molar-refractivity contribution is -0.189. The number of hydrogen-bond donors (Lipinski definition) is 2. The second kappa shape index (κ2) is 4.84. The summed E-state index contributed by atoms with van der Waals surface area (Å²) in [5.74, 6) is -1.34. The minimum atomic E-state index is -4.13. The van der Waals surface area contributed by atoms with E-state index in [1.807, 2.05) is 0 Å². The highest BCUT2D eigenvalue weighted by molar-refractivity contribution is 5.78. The summed E-state index contributed by atoms with van der Waals surface area (Å²) >= 11 is 0. The molecule has 1 heterocycles. The minimum Gasteiger partial charge on any atom is -0.354 e. The zero-order chi connectivity index (χ0) is 12.5. The number of rotatable bonds is 2. The molecular formula is C11H17F3N2O. The lowest BCUT2D eigenvalue weighted by atomic mass is 9.83. The van der Waals surface area contributed by atoms with Crippen molar-refractivity contribution in [2.75, 3.05) is 6.54 Å². The van der Waals surface area contributed by atoms with Gasteiger partial charge >= 0.3 is 6.18 Å². The van der Waals surface area contributed by atoms with Gasteiger partial charge < -0.3 is 10.6 Å². The Kier molecular flexibility index (Phi) is 3.61. The lowest BCUT2D eigenvalue weighted by Gasteiger charge is -2.35. The van der Waals surface area contributed by atoms with Crippen LogP contribution in [0.3, 0.4) is 0 Å². The van der Waals surface area contributed by atoms with Crippen LogP contribution in [0.1, 0.15) is 32.1 Å². The summed E-state index contributed by atoms with van der Waals surface area (Å²) in [6, 6.07) is -0.670. The normalized spacial score (nSPS) is 34.8. The van der Waals surface area contributed by atoms with Crippen LogP contribution in [0.15, 0.2) is 0 Å². The number of nitrogens with one attached hydrogen (secondary N) is 2. The van der Waals surface area contributed by atoms with Gasteiger partial charge in [-0.15, -0.1) is 0 Å². The summed E-state index contributed by atoms with van der Waals surface area (Å²) in [4.78, 5) is 11.0. The zero-order valence-electron chi connectivity index (χ0n) is 9.52. The zero-order valence-corrected chi connectivity index (χ0v) is 9.52. The van der Waals surface area contributed by atoms with Gasteiger partial charge in [0.25, 0.3) is 0 Å². The number of halogens is 3. The van der Waals surface area contributed by atoms with Crippen molar-refractivity contribution in [1.82, 2.24) is 10.6 Å². The van der Waals surface area contributed by atoms with E-state index in [0.29, 0.717) is 25.8 Å². The van der Waals surface area contributed by atoms with Crippen molar-refractivity contribution in [1.29, 1.82) is 0 Å². The highest BCUT2D eigenvalue weighted by Crippen LogP contribution is 2.38. The van der Waals surface area contributed by atoms with Crippen LogP contribution in [-0.2, 0) is 4.79 Å². The van der Waals surface area contributed by atoms with E-state index in [9.17, 15) is 18.0 Å². The van der Waals surface area contributed by atoms with Crippen molar-refractivity contribution in [2.45, 2.75) is 50.4 Å². The Morgan fingerprint density at radius 1 is 1.24 bits per heavy atom. The fraction of sp³-hybridized carbons (Fsp3) is 0.909. The molecule has 0 aromatic carbocycles. The smallest absolute Gasteiger partial charge is 0.354 e. The topological polar surface area (TPSA) is 41.1 Å². The molecule has 17 heavy (non-hydrogen) atoms. The third-order valence-electron chi connectivity index (χ3n) is 3.61. The first-order valence-corrected chi connectivity index (χ1v) is 6.06. The predicted octanol–water partition coefficient (Wildman–Crippen LogP) is 1.59. The van der Waals surface area contributed by atoms with Crippen LogP contribution in [0.2, 0.25) is 0 Å². The molecule has 0 spiro atoms. The van der Waals surface area contributed by atoms with Gasteiger partial charge in [-0.3, -0.25) is 4.79 Å². The van der Waals surface area contributed by atoms with Crippen molar-refractivity contribution in [3.8, 4) is 0 Å². The van der Waals surface area contributed by atoms with Crippen LogP contribution in [0.5, 0.6) is 0 Å². The molecule has 2 fully saturated rings. The van der Waals surface area contributed by atoms with E-state index in [2.05, 4.69) is 10.6 Å². The minimum absolute atomic E-state index is 0.0816. The molecule has 1 saturated heterocycles. The van der Waals surface area contributed by atoms with E-state index in [-0.39, 0.29) is 18.4 Å². The van der Waals surface area contributed by atoms with Gasteiger partial charge in [-0.1, -0.05) is 12.8 Å². The standard InChI is InChI=1S/C11H17F3N2O/c12-11(13,14)8-3-1-2-4-9(8)16-7-5-10(17)15-6-7/h7-9,16H,1-6H2,(H,15,17). The average Bonchev–Trinajstić information content (AvgIpc) is 2.63. The molecule has 1 amide bonds. The van der Waals surface area contributed by atoms with Crippen molar-refractivity contribution in [2.24, 2.45) is 5.92 Å². The van der Waals surface area contributed by atoms with Crippen LogP contribution in [-0.4, -0.2) is 30.7 Å². The Bertz CT molecular complexity index is 293. The third-order valence-corrected chi connectivity index (χ3v) is 3.61. The summed E-state index contributed by atoms with van der Waals surface area (Å²) in [5, 5.41) is 5.63. The highest BCUT2D eigenvalue weighted by atomic mass is 19.4. The second-order valence-electron chi connectivity index (χ2n) is 4.91. The molecule has 3 nitrogen and oxygen atoms in total. The molecule has 1 aliphatic carbocycles. The van der Waals surface area contributed by atoms with Crippen LogP contribution in [0, 0.1) is 5.92 Å². The number of alkyl halides is 3. The fourth-order valence-electron chi connectivity index (χ4n) is 2.75. The van der Waals surface area contributed by atoms with Gasteiger partial charge in [0.1, 0.15) is 0 Å². The summed E-state index contributed by atoms with van der Waals surface area (Å²) in [5.41, 5.74) is 0. The van der Waals surface area contributed by atoms with Gasteiger partial charge in [0, 0.05) is 25.0 Å². The predicted molar refractivity (Wildman–Crippen MR) is 56.4 cm³/mol. The van der Waals surface area contributed by atoms with E-state index in [1.165, 1.54) is 0 Å². The molecule has 1 saturated carbocycles. The van der Waals surface area contributed by atoms with Crippen molar-refractivity contribution >= 4 is 5.91 Å². The summed E-state index contributed by atoms with van der Waals surface area (Å²) in [6.07, 6.45) is -1.61. The SMILES string of the molecule is O=C1CC(NC2CCCCC2C(F)(F)F)CN1. The quantitative estimate of drug-likeness (QED) is 0.781. The molecule has 0 aromatic rings. The molecule has 0 aromatic heterocycles. The van der Waals surface area contributed by atoms with Crippen LogP contribution in [0.25, 0.3) is 0 Å².